The first kappa shape index (κ1) is 11.4. The maximum Gasteiger partial charge on any atom is 0.0616 e. The van der Waals surface area contributed by atoms with Crippen LogP contribution in [0.15, 0.2) is 24.3 Å². The van der Waals surface area contributed by atoms with Gasteiger partial charge in [-0.1, -0.05) is 18.2 Å². The first-order valence-electron chi connectivity index (χ1n) is 5.76. The molecule has 0 unspecified atom stereocenters. The molecule has 1 fully saturated rings. The van der Waals surface area contributed by atoms with Crippen molar-refractivity contribution in [3.8, 4) is 0 Å². The summed E-state index contributed by atoms with van der Waals surface area (Å²) in [5.74, 6) is 0. The minimum absolute atomic E-state index is 0.0345. The number of nitrogens with two attached hydrogens (primary N) is 1. The lowest BCUT2D eigenvalue weighted by Gasteiger charge is -2.47. The smallest absolute Gasteiger partial charge is 0.0616 e. The van der Waals surface area contributed by atoms with Crippen molar-refractivity contribution in [1.82, 2.24) is 0 Å². The third kappa shape index (κ3) is 2.06. The minimum Gasteiger partial charge on any atom is -0.381 e. The van der Waals surface area contributed by atoms with Crippen molar-refractivity contribution >= 4 is 5.69 Å². The predicted octanol–water partition coefficient (Wildman–Crippen LogP) is 1.91. The molecule has 0 heterocycles. The van der Waals surface area contributed by atoms with Crippen LogP contribution in [-0.2, 0) is 4.74 Å². The zero-order chi connectivity index (χ0) is 11.6. The molecule has 0 radical (unpaired) electrons. The van der Waals surface area contributed by atoms with Gasteiger partial charge in [0.2, 0.25) is 0 Å². The van der Waals surface area contributed by atoms with E-state index in [-0.39, 0.29) is 5.54 Å². The maximum absolute atomic E-state index is 5.87. The second kappa shape index (κ2) is 4.44. The van der Waals surface area contributed by atoms with Gasteiger partial charge in [-0.15, -0.1) is 0 Å². The Balaban J connectivity index is 2.06. The molecule has 1 aliphatic carbocycles. The van der Waals surface area contributed by atoms with E-state index in [2.05, 4.69) is 24.4 Å². The van der Waals surface area contributed by atoms with Crippen molar-refractivity contribution in [2.75, 3.05) is 19.0 Å². The minimum atomic E-state index is 0.0345. The second-order valence-electron chi connectivity index (χ2n) is 4.69. The number of methoxy groups -OCH3 is 1. The number of hydrogen-bond acceptors (Lipinski definition) is 3. The van der Waals surface area contributed by atoms with E-state index in [4.69, 9.17) is 10.5 Å². The van der Waals surface area contributed by atoms with Crippen LogP contribution in [0.4, 0.5) is 5.69 Å². The van der Waals surface area contributed by atoms with Crippen molar-refractivity contribution in [2.24, 2.45) is 5.73 Å². The molecule has 3 nitrogen and oxygen atoms in total. The number of nitrogens with one attached hydrogen (secondary N) is 1. The Morgan fingerprint density at radius 1 is 1.44 bits per heavy atom. The Morgan fingerprint density at radius 3 is 2.69 bits per heavy atom. The van der Waals surface area contributed by atoms with Gasteiger partial charge in [-0.05, 0) is 31.4 Å². The van der Waals surface area contributed by atoms with Gasteiger partial charge in [0.25, 0.3) is 0 Å². The molecule has 0 saturated heterocycles. The third-order valence-electron chi connectivity index (χ3n) is 3.51. The molecular formula is C13H20N2O. The number of para-hydroxylation sites is 1. The number of ether oxygens (including phenoxy) is 1. The van der Waals surface area contributed by atoms with Crippen molar-refractivity contribution < 1.29 is 4.74 Å². The van der Waals surface area contributed by atoms with E-state index < -0.39 is 0 Å². The first-order chi connectivity index (χ1) is 7.69. The molecule has 3 heteroatoms. The van der Waals surface area contributed by atoms with E-state index in [1.165, 1.54) is 11.3 Å². The summed E-state index contributed by atoms with van der Waals surface area (Å²) in [7, 11) is 1.76. The van der Waals surface area contributed by atoms with Crippen LogP contribution >= 0.6 is 0 Å². The first-order valence-corrected chi connectivity index (χ1v) is 5.76. The molecule has 1 aliphatic rings. The van der Waals surface area contributed by atoms with Gasteiger partial charge in [0.1, 0.15) is 0 Å². The van der Waals surface area contributed by atoms with E-state index in [0.717, 1.165) is 12.8 Å². The molecule has 3 N–H and O–H groups in total. The molecule has 0 aliphatic heterocycles. The standard InChI is InChI=1S/C13H20N2O/c1-10-5-3-4-6-12(10)15-13(9-14)7-11(8-13)16-2/h3-6,11,15H,7-9,14H2,1-2H3. The van der Waals surface area contributed by atoms with Crippen LogP contribution < -0.4 is 11.1 Å². The fraction of sp³-hybridized carbons (Fsp3) is 0.538. The number of anilines is 1. The molecular weight excluding hydrogens is 200 g/mol. The molecule has 0 aromatic heterocycles. The van der Waals surface area contributed by atoms with Gasteiger partial charge in [0.15, 0.2) is 0 Å². The van der Waals surface area contributed by atoms with Crippen LogP contribution in [0.2, 0.25) is 0 Å². The van der Waals surface area contributed by atoms with Crippen molar-refractivity contribution in [3.05, 3.63) is 29.8 Å². The highest BCUT2D eigenvalue weighted by Gasteiger charge is 2.43. The zero-order valence-electron chi connectivity index (χ0n) is 9.99. The average Bonchev–Trinajstić information content (AvgIpc) is 2.25. The summed E-state index contributed by atoms with van der Waals surface area (Å²) in [5, 5.41) is 3.57. The van der Waals surface area contributed by atoms with Crippen LogP contribution in [0.25, 0.3) is 0 Å². The third-order valence-corrected chi connectivity index (χ3v) is 3.51. The Kier molecular flexibility index (Phi) is 3.17. The molecule has 2 rings (SSSR count). The van der Waals surface area contributed by atoms with Crippen LogP contribution in [0.5, 0.6) is 0 Å². The van der Waals surface area contributed by atoms with Gasteiger partial charge in [0, 0.05) is 19.3 Å². The molecule has 16 heavy (non-hydrogen) atoms. The zero-order valence-corrected chi connectivity index (χ0v) is 9.99. The SMILES string of the molecule is COC1CC(CN)(Nc2ccccc2C)C1. The summed E-state index contributed by atoms with van der Waals surface area (Å²) in [4.78, 5) is 0. The second-order valence-corrected chi connectivity index (χ2v) is 4.69. The Morgan fingerprint density at radius 2 is 2.12 bits per heavy atom. The fourth-order valence-electron chi connectivity index (χ4n) is 2.30. The van der Waals surface area contributed by atoms with E-state index in [9.17, 15) is 0 Å². The van der Waals surface area contributed by atoms with Gasteiger partial charge in [-0.25, -0.2) is 0 Å². The summed E-state index contributed by atoms with van der Waals surface area (Å²) in [5.41, 5.74) is 8.34. The van der Waals surface area contributed by atoms with Gasteiger partial charge in [-0.3, -0.25) is 0 Å². The summed E-state index contributed by atoms with van der Waals surface area (Å²) >= 11 is 0. The highest BCUT2D eigenvalue weighted by molar-refractivity contribution is 5.53. The molecule has 1 aromatic rings. The fourth-order valence-corrected chi connectivity index (χ4v) is 2.30. The van der Waals surface area contributed by atoms with Crippen LogP contribution in [0.3, 0.4) is 0 Å². The lowest BCUT2D eigenvalue weighted by atomic mass is 9.74. The van der Waals surface area contributed by atoms with Gasteiger partial charge in [-0.2, -0.15) is 0 Å². The van der Waals surface area contributed by atoms with Crippen LogP contribution in [0, 0.1) is 6.92 Å². The quantitative estimate of drug-likeness (QED) is 0.815. The van der Waals surface area contributed by atoms with E-state index in [1.54, 1.807) is 7.11 Å². The van der Waals surface area contributed by atoms with Crippen molar-refractivity contribution in [3.63, 3.8) is 0 Å². The summed E-state index contributed by atoms with van der Waals surface area (Å²) in [6, 6.07) is 8.31. The van der Waals surface area contributed by atoms with Gasteiger partial charge in [0.05, 0.1) is 11.6 Å². The van der Waals surface area contributed by atoms with E-state index in [1.807, 2.05) is 12.1 Å². The average molecular weight is 220 g/mol. The topological polar surface area (TPSA) is 47.3 Å². The predicted molar refractivity (Wildman–Crippen MR) is 66.6 cm³/mol. The summed E-state index contributed by atoms with van der Waals surface area (Å²) in [6.07, 6.45) is 2.35. The number of aryl methyl sites for hydroxylation is 1. The Hall–Kier alpha value is -1.06. The molecule has 1 saturated carbocycles. The van der Waals surface area contributed by atoms with Gasteiger partial charge >= 0.3 is 0 Å². The number of benzene rings is 1. The molecule has 0 atom stereocenters. The number of hydrogen-bond donors (Lipinski definition) is 2. The lowest BCUT2D eigenvalue weighted by Crippen LogP contribution is -2.58. The van der Waals surface area contributed by atoms with Gasteiger partial charge < -0.3 is 15.8 Å². The Labute approximate surface area is 97.0 Å². The molecule has 0 spiro atoms. The largest absolute Gasteiger partial charge is 0.381 e. The molecule has 1 aromatic carbocycles. The van der Waals surface area contributed by atoms with Crippen LogP contribution in [-0.4, -0.2) is 25.3 Å². The molecule has 0 bridgehead atoms. The monoisotopic (exact) mass is 220 g/mol. The highest BCUT2D eigenvalue weighted by atomic mass is 16.5. The summed E-state index contributed by atoms with van der Waals surface area (Å²) in [6.45, 7) is 2.76. The summed E-state index contributed by atoms with van der Waals surface area (Å²) < 4.78 is 5.32. The molecule has 88 valence electrons. The highest BCUT2D eigenvalue weighted by Crippen LogP contribution is 2.37. The normalized spacial score (nSPS) is 28.6. The van der Waals surface area contributed by atoms with Crippen molar-refractivity contribution in [2.45, 2.75) is 31.4 Å². The maximum atomic E-state index is 5.87. The van der Waals surface area contributed by atoms with Crippen LogP contribution in [0.1, 0.15) is 18.4 Å². The molecule has 0 amide bonds. The van der Waals surface area contributed by atoms with E-state index >= 15 is 0 Å². The van der Waals surface area contributed by atoms with Crippen molar-refractivity contribution in [1.29, 1.82) is 0 Å². The Bertz CT molecular complexity index is 359. The lowest BCUT2D eigenvalue weighted by molar-refractivity contribution is -0.00246. The number of rotatable bonds is 4. The van der Waals surface area contributed by atoms with E-state index in [0.29, 0.717) is 12.6 Å².